The average Bonchev–Trinajstić information content (AvgIpc) is 3.80. The summed E-state index contributed by atoms with van der Waals surface area (Å²) in [5.41, 5.74) is 3.39. The van der Waals surface area contributed by atoms with Crippen LogP contribution in [-0.2, 0) is 4.74 Å². The summed E-state index contributed by atoms with van der Waals surface area (Å²) in [7, 11) is -2.82. The zero-order valence-corrected chi connectivity index (χ0v) is 23.6. The maximum atomic E-state index is 11.8. The number of hydrogen-bond donors (Lipinski definition) is 0. The van der Waals surface area contributed by atoms with Crippen LogP contribution >= 0.6 is 7.36 Å². The fourth-order valence-corrected chi connectivity index (χ4v) is 9.97. The van der Waals surface area contributed by atoms with Crippen molar-refractivity contribution in [2.75, 3.05) is 26.3 Å². The van der Waals surface area contributed by atoms with Gasteiger partial charge in [0.15, 0.2) is 13.2 Å². The molecular weight excluding hydrogens is 537 g/mol. The number of morpholine rings is 1. The van der Waals surface area contributed by atoms with Crippen LogP contribution in [0, 0.1) is 17.0 Å². The molecular formula is C30H30N7O3P. The number of amidine groups is 1. The lowest BCUT2D eigenvalue weighted by molar-refractivity contribution is -0.384. The van der Waals surface area contributed by atoms with Gasteiger partial charge in [-0.2, -0.15) is 5.10 Å². The van der Waals surface area contributed by atoms with E-state index in [0.29, 0.717) is 32.0 Å². The Bertz CT molecular complexity index is 1690. The second-order valence-corrected chi connectivity index (χ2v) is 13.2. The summed E-state index contributed by atoms with van der Waals surface area (Å²) < 4.78 is 18.3. The number of ether oxygens (including phenoxy) is 1. The second-order valence-electron chi connectivity index (χ2n) is 10.4. The maximum absolute atomic E-state index is 11.8. The molecule has 0 bridgehead atoms. The SMILES string of the molecule is Cc1nn(-c2ccccc2)c2c1P(=Nc1cccc([N+](=O)[O-])c1)(N1CCOCC1)N(C1CC1)C(c1ccccc1)=N2. The molecule has 1 atom stereocenters. The molecule has 4 aromatic rings. The van der Waals surface area contributed by atoms with Gasteiger partial charge in [0.2, 0.25) is 0 Å². The van der Waals surface area contributed by atoms with Crippen LogP contribution in [0.1, 0.15) is 24.1 Å². The first-order chi connectivity index (χ1) is 20.1. The second kappa shape index (κ2) is 10.4. The van der Waals surface area contributed by atoms with Crippen molar-refractivity contribution in [3.63, 3.8) is 0 Å². The molecule has 7 rings (SSSR count). The van der Waals surface area contributed by atoms with Gasteiger partial charge < -0.3 is 9.41 Å². The van der Waals surface area contributed by atoms with E-state index in [0.717, 1.165) is 46.7 Å². The smallest absolute Gasteiger partial charge is 0.271 e. The number of non-ortho nitro benzene ring substituents is 1. The molecule has 3 heterocycles. The van der Waals surface area contributed by atoms with Crippen LogP contribution in [0.25, 0.3) is 5.69 Å². The zero-order chi connectivity index (χ0) is 28.0. The number of benzene rings is 3. The van der Waals surface area contributed by atoms with Crippen LogP contribution in [0.4, 0.5) is 17.2 Å². The normalized spacial score (nSPS) is 20.8. The molecule has 1 saturated carbocycles. The third-order valence-corrected chi connectivity index (χ3v) is 11.6. The highest BCUT2D eigenvalue weighted by Crippen LogP contribution is 2.65. The monoisotopic (exact) mass is 567 g/mol. The third kappa shape index (κ3) is 4.48. The van der Waals surface area contributed by atoms with E-state index in [4.69, 9.17) is 19.6 Å². The number of nitrogens with zero attached hydrogens (tertiary/aromatic N) is 7. The molecule has 208 valence electrons. The largest absolute Gasteiger partial charge is 0.379 e. The summed E-state index contributed by atoms with van der Waals surface area (Å²) in [6, 6.07) is 27.2. The Morgan fingerprint density at radius 1 is 0.976 bits per heavy atom. The molecule has 0 radical (unpaired) electrons. The minimum absolute atomic E-state index is 0.0234. The van der Waals surface area contributed by atoms with Gasteiger partial charge in [0, 0.05) is 36.8 Å². The van der Waals surface area contributed by atoms with Crippen LogP contribution in [0.2, 0.25) is 0 Å². The molecule has 1 saturated heterocycles. The predicted octanol–water partition coefficient (Wildman–Crippen LogP) is 5.97. The highest BCUT2D eigenvalue weighted by Gasteiger charge is 2.51. The molecule has 1 aromatic heterocycles. The lowest BCUT2D eigenvalue weighted by Gasteiger charge is -2.48. The zero-order valence-electron chi connectivity index (χ0n) is 22.7. The number of nitro groups is 1. The van der Waals surface area contributed by atoms with Crippen LogP contribution in [0.15, 0.2) is 94.7 Å². The van der Waals surface area contributed by atoms with E-state index >= 15 is 0 Å². The molecule has 41 heavy (non-hydrogen) atoms. The van der Waals surface area contributed by atoms with Gasteiger partial charge in [-0.15, -0.1) is 0 Å². The number of fused-ring (bicyclic) bond motifs is 1. The molecule has 0 amide bonds. The van der Waals surface area contributed by atoms with Crippen molar-refractivity contribution in [3.05, 3.63) is 106 Å². The van der Waals surface area contributed by atoms with Gasteiger partial charge in [-0.1, -0.05) is 54.6 Å². The quantitative estimate of drug-likeness (QED) is 0.162. The highest BCUT2D eigenvalue weighted by molar-refractivity contribution is 7.70. The minimum Gasteiger partial charge on any atom is -0.379 e. The molecule has 0 spiro atoms. The van der Waals surface area contributed by atoms with Crippen molar-refractivity contribution < 1.29 is 9.66 Å². The molecule has 2 aliphatic heterocycles. The molecule has 3 aliphatic rings. The topological polar surface area (TPSA) is 101 Å². The van der Waals surface area contributed by atoms with Gasteiger partial charge in [0.1, 0.15) is 5.84 Å². The van der Waals surface area contributed by atoms with E-state index < -0.39 is 7.36 Å². The lowest BCUT2D eigenvalue weighted by Crippen LogP contribution is -2.47. The van der Waals surface area contributed by atoms with Gasteiger partial charge in [0.05, 0.1) is 40.5 Å². The van der Waals surface area contributed by atoms with Gasteiger partial charge in [-0.25, -0.2) is 19.1 Å². The third-order valence-electron chi connectivity index (χ3n) is 7.64. The summed E-state index contributed by atoms with van der Waals surface area (Å²) in [5.74, 6) is 1.63. The number of rotatable bonds is 6. The van der Waals surface area contributed by atoms with Gasteiger partial charge in [-0.05, 0) is 38.0 Å². The van der Waals surface area contributed by atoms with Crippen molar-refractivity contribution in [2.45, 2.75) is 25.8 Å². The van der Waals surface area contributed by atoms with Crippen molar-refractivity contribution >= 4 is 35.7 Å². The lowest BCUT2D eigenvalue weighted by atomic mass is 10.2. The van der Waals surface area contributed by atoms with E-state index in [-0.39, 0.29) is 16.7 Å². The van der Waals surface area contributed by atoms with E-state index in [1.165, 1.54) is 6.07 Å². The summed E-state index contributed by atoms with van der Waals surface area (Å²) in [6.07, 6.45) is 2.06. The molecule has 10 nitrogen and oxygen atoms in total. The molecule has 11 heteroatoms. The van der Waals surface area contributed by atoms with Crippen molar-refractivity contribution in [3.8, 4) is 5.69 Å². The average molecular weight is 568 g/mol. The number of para-hydroxylation sites is 1. The first kappa shape index (κ1) is 25.8. The van der Waals surface area contributed by atoms with E-state index in [1.807, 2.05) is 66.2 Å². The van der Waals surface area contributed by atoms with Crippen LogP contribution in [0.5, 0.6) is 0 Å². The minimum atomic E-state index is -2.82. The number of aliphatic imine (C=N–C) groups is 1. The summed E-state index contributed by atoms with van der Waals surface area (Å²) in [6.45, 7) is 4.58. The van der Waals surface area contributed by atoms with Gasteiger partial charge in [0.25, 0.3) is 5.69 Å². The molecule has 0 N–H and O–H groups in total. The summed E-state index contributed by atoms with van der Waals surface area (Å²) >= 11 is 0. The summed E-state index contributed by atoms with van der Waals surface area (Å²) in [4.78, 5) is 16.8. The first-order valence-electron chi connectivity index (χ1n) is 13.9. The Kier molecular flexibility index (Phi) is 6.54. The van der Waals surface area contributed by atoms with Crippen LogP contribution in [0.3, 0.4) is 0 Å². The number of hydrogen-bond acceptors (Lipinski definition) is 6. The standard InChI is InChI=1S/C30H30N7O3P/c1-22-28-30(35(32-22)25-12-6-3-7-13-25)31-29(23-9-4-2-5-10-23)36(26-15-16-26)41(28,34-17-19-40-20-18-34)33-24-11-8-14-27(21-24)37(38)39/h2-14,21,26H,15-20H2,1H3. The number of nitro benzene ring substituents is 1. The fraction of sp³-hybridized carbons (Fsp3) is 0.267. The van der Waals surface area contributed by atoms with Crippen molar-refractivity contribution in [2.24, 2.45) is 9.74 Å². The number of aromatic nitrogens is 2. The fourth-order valence-electron chi connectivity index (χ4n) is 5.70. The van der Waals surface area contributed by atoms with E-state index in [2.05, 4.69) is 21.5 Å². The summed E-state index contributed by atoms with van der Waals surface area (Å²) in [5, 5.41) is 17.8. The highest BCUT2D eigenvalue weighted by atomic mass is 31.2. The Morgan fingerprint density at radius 2 is 1.68 bits per heavy atom. The maximum Gasteiger partial charge on any atom is 0.271 e. The van der Waals surface area contributed by atoms with Gasteiger partial charge >= 0.3 is 0 Å². The first-order valence-corrected chi connectivity index (χ1v) is 15.5. The van der Waals surface area contributed by atoms with E-state index in [1.54, 1.807) is 12.1 Å². The number of aryl methyl sites for hydroxylation is 1. The predicted molar refractivity (Wildman–Crippen MR) is 160 cm³/mol. The Balaban J connectivity index is 1.60. The molecule has 1 unspecified atom stereocenters. The molecule has 1 aliphatic carbocycles. The van der Waals surface area contributed by atoms with Gasteiger partial charge in [-0.3, -0.25) is 10.1 Å². The van der Waals surface area contributed by atoms with Crippen molar-refractivity contribution in [1.82, 2.24) is 19.1 Å². The molecule has 3 aromatic carbocycles. The van der Waals surface area contributed by atoms with Crippen molar-refractivity contribution in [1.29, 1.82) is 0 Å². The van der Waals surface area contributed by atoms with Crippen LogP contribution < -0.4 is 5.30 Å². The Labute approximate surface area is 238 Å². The molecule has 2 fully saturated rings. The Hall–Kier alpha value is -4.11. The van der Waals surface area contributed by atoms with Crippen LogP contribution in [-0.4, -0.2) is 62.2 Å². The van der Waals surface area contributed by atoms with E-state index in [9.17, 15) is 10.1 Å². The Morgan fingerprint density at radius 3 is 2.37 bits per heavy atom.